The third-order valence-electron chi connectivity index (χ3n) is 3.48. The largest absolute Gasteiger partial charge is 0.477 e. The number of halogens is 1. The summed E-state index contributed by atoms with van der Waals surface area (Å²) >= 11 is 1.08. The van der Waals surface area contributed by atoms with Crippen LogP contribution in [-0.2, 0) is 4.74 Å². The van der Waals surface area contributed by atoms with Gasteiger partial charge in [-0.1, -0.05) is 12.1 Å². The number of morpholine rings is 1. The van der Waals surface area contributed by atoms with Gasteiger partial charge in [0.1, 0.15) is 15.7 Å². The van der Waals surface area contributed by atoms with Gasteiger partial charge >= 0.3 is 5.97 Å². The molecule has 0 radical (unpaired) electrons. The number of benzene rings is 1. The van der Waals surface area contributed by atoms with E-state index in [-0.39, 0.29) is 10.7 Å². The lowest BCUT2D eigenvalue weighted by atomic mass is 10.1. The summed E-state index contributed by atoms with van der Waals surface area (Å²) in [5, 5.41) is 9.43. The van der Waals surface area contributed by atoms with E-state index in [0.717, 1.165) is 11.3 Å². The van der Waals surface area contributed by atoms with Crippen molar-refractivity contribution < 1.29 is 19.0 Å². The number of rotatable bonds is 4. The van der Waals surface area contributed by atoms with Gasteiger partial charge in [-0.05, 0) is 23.8 Å². The molecule has 0 bridgehead atoms. The molecule has 1 aromatic heterocycles. The zero-order valence-corrected chi connectivity index (χ0v) is 13.1. The first-order chi connectivity index (χ1) is 11.1. The number of carboxylic acids is 1. The Morgan fingerprint density at radius 3 is 2.78 bits per heavy atom. The number of aromatic nitrogens is 1. The number of aromatic carboxylic acids is 1. The maximum atomic E-state index is 14.3. The van der Waals surface area contributed by atoms with Crippen LogP contribution in [0.1, 0.15) is 20.2 Å². The monoisotopic (exact) mass is 334 g/mol. The summed E-state index contributed by atoms with van der Waals surface area (Å²) in [5.74, 6) is -1.28. The molecular weight excluding hydrogens is 319 g/mol. The number of nitrogens with zero attached hydrogens (tertiary/aromatic N) is 2. The summed E-state index contributed by atoms with van der Waals surface area (Å²) < 4.78 is 19.5. The highest BCUT2D eigenvalue weighted by Gasteiger charge is 2.14. The highest BCUT2D eigenvalue weighted by Crippen LogP contribution is 2.23. The van der Waals surface area contributed by atoms with Crippen molar-refractivity contribution in [2.75, 3.05) is 31.2 Å². The molecule has 3 rings (SSSR count). The van der Waals surface area contributed by atoms with E-state index in [1.54, 1.807) is 18.2 Å². The van der Waals surface area contributed by atoms with E-state index in [0.29, 0.717) is 42.6 Å². The lowest BCUT2D eigenvalue weighted by molar-refractivity contribution is 0.0702. The number of ether oxygens (including phenoxy) is 1. The summed E-state index contributed by atoms with van der Waals surface area (Å²) in [5.41, 5.74) is 1.28. The molecule has 0 amide bonds. The molecule has 1 aromatic carbocycles. The molecule has 0 saturated carbocycles. The van der Waals surface area contributed by atoms with Crippen molar-refractivity contribution in [2.45, 2.75) is 0 Å². The van der Waals surface area contributed by atoms with E-state index in [2.05, 4.69) is 4.98 Å². The van der Waals surface area contributed by atoms with E-state index in [1.165, 1.54) is 12.3 Å². The number of hydrogen-bond donors (Lipinski definition) is 1. The van der Waals surface area contributed by atoms with Gasteiger partial charge in [-0.25, -0.2) is 14.2 Å². The van der Waals surface area contributed by atoms with Gasteiger partial charge in [-0.3, -0.25) is 0 Å². The average Bonchev–Trinajstić information content (AvgIpc) is 3.03. The molecule has 5 nitrogen and oxygen atoms in total. The van der Waals surface area contributed by atoms with Crippen LogP contribution in [0.15, 0.2) is 24.4 Å². The highest BCUT2D eigenvalue weighted by molar-refractivity contribution is 7.14. The van der Waals surface area contributed by atoms with E-state index in [4.69, 9.17) is 9.84 Å². The Morgan fingerprint density at radius 2 is 2.13 bits per heavy atom. The first-order valence-electron chi connectivity index (χ1n) is 7.13. The summed E-state index contributed by atoms with van der Waals surface area (Å²) in [6.45, 7) is 2.58. The number of thiazole rings is 1. The summed E-state index contributed by atoms with van der Waals surface area (Å²) in [4.78, 5) is 16.9. The van der Waals surface area contributed by atoms with Crippen LogP contribution in [0.4, 0.5) is 10.1 Å². The standard InChI is InChI=1S/C16H15FN2O3S/c17-12-9-11(1-3-13(12)19-5-7-22-8-6-19)2-4-15-18-10-14(23-15)16(20)21/h1-4,9-10H,5-8H2,(H,20,21)/b4-2+. The van der Waals surface area contributed by atoms with Gasteiger partial charge in [0.05, 0.1) is 25.1 Å². The van der Waals surface area contributed by atoms with Crippen LogP contribution in [0.3, 0.4) is 0 Å². The molecule has 120 valence electrons. The Bertz CT molecular complexity index is 739. The van der Waals surface area contributed by atoms with Gasteiger partial charge in [0.25, 0.3) is 0 Å². The number of hydrogen-bond acceptors (Lipinski definition) is 5. The fourth-order valence-electron chi connectivity index (χ4n) is 2.32. The zero-order valence-electron chi connectivity index (χ0n) is 12.2. The van der Waals surface area contributed by atoms with Crippen LogP contribution in [-0.4, -0.2) is 42.4 Å². The molecule has 1 aliphatic heterocycles. The molecular formula is C16H15FN2O3S. The van der Waals surface area contributed by atoms with Gasteiger partial charge in [0.15, 0.2) is 0 Å². The Balaban J connectivity index is 1.74. The SMILES string of the molecule is O=C(O)c1cnc(/C=C/c2ccc(N3CCOCC3)c(F)c2)s1. The molecule has 0 aliphatic carbocycles. The van der Waals surface area contributed by atoms with Crippen molar-refractivity contribution >= 4 is 35.1 Å². The van der Waals surface area contributed by atoms with Gasteiger partial charge in [0, 0.05) is 13.1 Å². The minimum atomic E-state index is -0.997. The van der Waals surface area contributed by atoms with E-state index in [9.17, 15) is 9.18 Å². The number of carbonyl (C=O) groups is 1. The second-order valence-electron chi connectivity index (χ2n) is 5.01. The second kappa shape index (κ2) is 6.89. The first-order valence-corrected chi connectivity index (χ1v) is 7.94. The Hall–Kier alpha value is -2.25. The molecule has 1 aliphatic rings. The smallest absolute Gasteiger partial charge is 0.347 e. The molecule has 2 aromatic rings. The molecule has 0 spiro atoms. The maximum Gasteiger partial charge on any atom is 0.347 e. The maximum absolute atomic E-state index is 14.3. The van der Waals surface area contributed by atoms with Crippen LogP contribution >= 0.6 is 11.3 Å². The molecule has 1 fully saturated rings. The topological polar surface area (TPSA) is 62.7 Å². The quantitative estimate of drug-likeness (QED) is 0.931. The number of anilines is 1. The van der Waals surface area contributed by atoms with Crippen LogP contribution in [0.25, 0.3) is 12.2 Å². The van der Waals surface area contributed by atoms with E-state index in [1.807, 2.05) is 11.0 Å². The Morgan fingerprint density at radius 1 is 1.35 bits per heavy atom. The Labute approximate surface area is 136 Å². The average molecular weight is 334 g/mol. The van der Waals surface area contributed by atoms with Crippen molar-refractivity contribution in [1.29, 1.82) is 0 Å². The highest BCUT2D eigenvalue weighted by atomic mass is 32.1. The van der Waals surface area contributed by atoms with Crippen molar-refractivity contribution in [3.05, 3.63) is 45.7 Å². The van der Waals surface area contributed by atoms with Gasteiger partial charge in [-0.15, -0.1) is 11.3 Å². The van der Waals surface area contributed by atoms with Gasteiger partial charge in [-0.2, -0.15) is 0 Å². The van der Waals surface area contributed by atoms with Crippen molar-refractivity contribution in [1.82, 2.24) is 4.98 Å². The van der Waals surface area contributed by atoms with Crippen molar-refractivity contribution in [3.8, 4) is 0 Å². The second-order valence-corrected chi connectivity index (χ2v) is 6.07. The predicted molar refractivity (Wildman–Crippen MR) is 87.4 cm³/mol. The molecule has 7 heteroatoms. The minimum Gasteiger partial charge on any atom is -0.477 e. The summed E-state index contributed by atoms with van der Waals surface area (Å²) in [7, 11) is 0. The number of carboxylic acid groups (broad SMARTS) is 1. The lowest BCUT2D eigenvalue weighted by Crippen LogP contribution is -2.36. The third kappa shape index (κ3) is 3.75. The molecule has 1 saturated heterocycles. The van der Waals surface area contributed by atoms with Gasteiger partial charge < -0.3 is 14.7 Å². The Kier molecular flexibility index (Phi) is 4.68. The van der Waals surface area contributed by atoms with Crippen LogP contribution < -0.4 is 4.90 Å². The van der Waals surface area contributed by atoms with Crippen LogP contribution in [0, 0.1) is 5.82 Å². The molecule has 0 unspecified atom stereocenters. The van der Waals surface area contributed by atoms with Crippen LogP contribution in [0.2, 0.25) is 0 Å². The summed E-state index contributed by atoms with van der Waals surface area (Å²) in [6.07, 6.45) is 4.71. The first kappa shape index (κ1) is 15.6. The predicted octanol–water partition coefficient (Wildman–Crippen LogP) is 2.99. The van der Waals surface area contributed by atoms with E-state index < -0.39 is 5.97 Å². The molecule has 0 atom stereocenters. The van der Waals surface area contributed by atoms with Crippen LogP contribution in [0.5, 0.6) is 0 Å². The minimum absolute atomic E-state index is 0.179. The molecule has 23 heavy (non-hydrogen) atoms. The fourth-order valence-corrected chi connectivity index (χ4v) is 2.98. The zero-order chi connectivity index (χ0) is 16.2. The normalized spacial score (nSPS) is 15.3. The molecule has 1 N–H and O–H groups in total. The lowest BCUT2D eigenvalue weighted by Gasteiger charge is -2.29. The fraction of sp³-hybridized carbons (Fsp3) is 0.250. The van der Waals surface area contributed by atoms with Crippen molar-refractivity contribution in [2.24, 2.45) is 0 Å². The van der Waals surface area contributed by atoms with Crippen molar-refractivity contribution in [3.63, 3.8) is 0 Å². The molecule has 2 heterocycles. The summed E-state index contributed by atoms with van der Waals surface area (Å²) in [6, 6.07) is 5.05. The third-order valence-corrected chi connectivity index (χ3v) is 4.43. The van der Waals surface area contributed by atoms with E-state index >= 15 is 0 Å². The van der Waals surface area contributed by atoms with Gasteiger partial charge in [0.2, 0.25) is 0 Å².